The molecule has 19 heavy (non-hydrogen) atoms. The van der Waals surface area contributed by atoms with Gasteiger partial charge in [0, 0.05) is 17.6 Å². The monoisotopic (exact) mass is 327 g/mol. The van der Waals surface area contributed by atoms with Gasteiger partial charge in [-0.05, 0) is 43.9 Å². The molecule has 1 aliphatic carbocycles. The number of hydrogen-bond acceptors (Lipinski definition) is 3. The first-order valence-electron chi connectivity index (χ1n) is 6.85. The van der Waals surface area contributed by atoms with Crippen LogP contribution in [0.3, 0.4) is 0 Å². The quantitative estimate of drug-likeness (QED) is 0.844. The summed E-state index contributed by atoms with van der Waals surface area (Å²) < 4.78 is 0.965. The second kappa shape index (κ2) is 6.84. The zero-order valence-corrected chi connectivity index (χ0v) is 12.9. The second-order valence-corrected chi connectivity index (χ2v) is 6.43. The van der Waals surface area contributed by atoms with Gasteiger partial charge in [0.1, 0.15) is 0 Å². The molecule has 0 heterocycles. The van der Waals surface area contributed by atoms with Gasteiger partial charge in [0.05, 0.1) is 12.2 Å². The van der Waals surface area contributed by atoms with Gasteiger partial charge in [-0.25, -0.2) is 0 Å². The molecular formula is C15H22BrNO2. The van der Waals surface area contributed by atoms with Gasteiger partial charge in [0.25, 0.3) is 0 Å². The number of aliphatic hydroxyl groups excluding tert-OH is 2. The van der Waals surface area contributed by atoms with Crippen LogP contribution in [0.5, 0.6) is 0 Å². The predicted molar refractivity (Wildman–Crippen MR) is 79.9 cm³/mol. The molecule has 0 spiro atoms. The van der Waals surface area contributed by atoms with Gasteiger partial charge < -0.3 is 15.1 Å². The number of hydrogen-bond donors (Lipinski definition) is 2. The third-order valence-electron chi connectivity index (χ3n) is 3.83. The van der Waals surface area contributed by atoms with Crippen LogP contribution in [-0.4, -0.2) is 41.4 Å². The summed E-state index contributed by atoms with van der Waals surface area (Å²) in [5.41, 5.74) is 0.954. The van der Waals surface area contributed by atoms with Crippen LogP contribution in [-0.2, 0) is 0 Å². The van der Waals surface area contributed by atoms with Crippen molar-refractivity contribution in [3.8, 4) is 0 Å². The van der Waals surface area contributed by atoms with Crippen molar-refractivity contribution in [3.63, 3.8) is 0 Å². The molecule has 1 aliphatic rings. The van der Waals surface area contributed by atoms with Crippen molar-refractivity contribution >= 4 is 15.9 Å². The molecule has 0 aromatic heterocycles. The molecule has 1 fully saturated rings. The molecule has 0 saturated heterocycles. The Balaban J connectivity index is 1.74. The Morgan fingerprint density at radius 2 is 2.05 bits per heavy atom. The summed E-state index contributed by atoms with van der Waals surface area (Å²) in [6.45, 7) is 1.88. The topological polar surface area (TPSA) is 43.7 Å². The number of rotatable bonds is 6. The fourth-order valence-corrected chi connectivity index (χ4v) is 3.17. The van der Waals surface area contributed by atoms with E-state index in [-0.39, 0.29) is 6.10 Å². The van der Waals surface area contributed by atoms with E-state index in [0.717, 1.165) is 42.4 Å². The highest BCUT2D eigenvalue weighted by Gasteiger charge is 2.27. The Labute approximate surface area is 123 Å². The molecule has 1 aromatic rings. The first-order valence-corrected chi connectivity index (χ1v) is 7.64. The van der Waals surface area contributed by atoms with E-state index in [1.165, 1.54) is 0 Å². The van der Waals surface area contributed by atoms with Gasteiger partial charge in [-0.2, -0.15) is 0 Å². The van der Waals surface area contributed by atoms with Crippen molar-refractivity contribution in [2.24, 2.45) is 5.92 Å². The molecule has 4 heteroatoms. The summed E-state index contributed by atoms with van der Waals surface area (Å²) in [6, 6.07) is 7.81. The van der Waals surface area contributed by atoms with E-state index < -0.39 is 6.10 Å². The molecule has 0 bridgehead atoms. The van der Waals surface area contributed by atoms with E-state index >= 15 is 0 Å². The van der Waals surface area contributed by atoms with E-state index in [2.05, 4.69) is 27.9 Å². The van der Waals surface area contributed by atoms with Crippen LogP contribution >= 0.6 is 15.9 Å². The minimum Gasteiger partial charge on any atom is -0.393 e. The summed E-state index contributed by atoms with van der Waals surface area (Å²) in [7, 11) is 2.08. The molecule has 3 nitrogen and oxygen atoms in total. The summed E-state index contributed by atoms with van der Waals surface area (Å²) in [6.07, 6.45) is 2.08. The molecule has 1 saturated carbocycles. The third kappa shape index (κ3) is 4.28. The standard InChI is InChI=1S/C15H22BrNO2/c1-17(10-11-8-12(18)9-11)7-6-15(19)13-4-2-3-5-14(13)16/h2-5,11-12,15,18-19H,6-10H2,1H3. The lowest BCUT2D eigenvalue weighted by molar-refractivity contribution is 0.0262. The Kier molecular flexibility index (Phi) is 5.39. The zero-order valence-electron chi connectivity index (χ0n) is 11.3. The van der Waals surface area contributed by atoms with Crippen LogP contribution in [0.2, 0.25) is 0 Å². The Bertz CT molecular complexity index is 407. The van der Waals surface area contributed by atoms with Crippen molar-refractivity contribution in [3.05, 3.63) is 34.3 Å². The second-order valence-electron chi connectivity index (χ2n) is 5.58. The fraction of sp³-hybridized carbons (Fsp3) is 0.600. The number of aliphatic hydroxyl groups is 2. The molecule has 106 valence electrons. The summed E-state index contributed by atoms with van der Waals surface area (Å²) in [5, 5.41) is 19.5. The highest BCUT2D eigenvalue weighted by molar-refractivity contribution is 9.10. The van der Waals surface area contributed by atoms with Crippen LogP contribution in [0.15, 0.2) is 28.7 Å². The van der Waals surface area contributed by atoms with E-state index in [1.54, 1.807) is 0 Å². The molecule has 1 atom stereocenters. The molecule has 1 aromatic carbocycles. The Morgan fingerprint density at radius 3 is 2.68 bits per heavy atom. The van der Waals surface area contributed by atoms with E-state index in [4.69, 9.17) is 0 Å². The highest BCUT2D eigenvalue weighted by Crippen LogP contribution is 2.28. The average Bonchev–Trinajstić information content (AvgIpc) is 2.35. The van der Waals surface area contributed by atoms with Crippen molar-refractivity contribution in [2.75, 3.05) is 20.1 Å². The van der Waals surface area contributed by atoms with Gasteiger partial charge in [-0.3, -0.25) is 0 Å². The van der Waals surface area contributed by atoms with Crippen LogP contribution in [0.1, 0.15) is 30.9 Å². The first kappa shape index (κ1) is 15.0. The summed E-state index contributed by atoms with van der Waals surface area (Å²) in [5.74, 6) is 0.626. The zero-order chi connectivity index (χ0) is 13.8. The minimum atomic E-state index is -0.426. The average molecular weight is 328 g/mol. The van der Waals surface area contributed by atoms with Gasteiger partial charge in [-0.15, -0.1) is 0 Å². The molecular weight excluding hydrogens is 306 g/mol. The Hall–Kier alpha value is -0.420. The molecule has 0 amide bonds. The van der Waals surface area contributed by atoms with E-state index in [9.17, 15) is 10.2 Å². The highest BCUT2D eigenvalue weighted by atomic mass is 79.9. The lowest BCUT2D eigenvalue weighted by atomic mass is 9.82. The third-order valence-corrected chi connectivity index (χ3v) is 4.55. The van der Waals surface area contributed by atoms with Crippen molar-refractivity contribution in [1.82, 2.24) is 4.90 Å². The molecule has 2 rings (SSSR count). The SMILES string of the molecule is CN(CCC(O)c1ccccc1Br)CC1CC(O)C1. The van der Waals surface area contributed by atoms with Crippen LogP contribution in [0, 0.1) is 5.92 Å². The van der Waals surface area contributed by atoms with Gasteiger partial charge >= 0.3 is 0 Å². The maximum Gasteiger partial charge on any atom is 0.0813 e. The van der Waals surface area contributed by atoms with Gasteiger partial charge in [0.15, 0.2) is 0 Å². The molecule has 0 aliphatic heterocycles. The maximum absolute atomic E-state index is 10.2. The normalized spacial score (nSPS) is 24.3. The van der Waals surface area contributed by atoms with Crippen LogP contribution in [0.25, 0.3) is 0 Å². The minimum absolute atomic E-state index is 0.0794. The number of nitrogens with zero attached hydrogens (tertiary/aromatic N) is 1. The molecule has 1 unspecified atom stereocenters. The lowest BCUT2D eigenvalue weighted by Crippen LogP contribution is -2.37. The van der Waals surface area contributed by atoms with Crippen molar-refractivity contribution < 1.29 is 10.2 Å². The van der Waals surface area contributed by atoms with Gasteiger partial charge in [0.2, 0.25) is 0 Å². The maximum atomic E-state index is 10.2. The van der Waals surface area contributed by atoms with E-state index in [0.29, 0.717) is 5.92 Å². The first-order chi connectivity index (χ1) is 9.06. The lowest BCUT2D eigenvalue weighted by Gasteiger charge is -2.34. The van der Waals surface area contributed by atoms with Gasteiger partial charge in [-0.1, -0.05) is 34.1 Å². The van der Waals surface area contributed by atoms with E-state index in [1.807, 2.05) is 24.3 Å². The van der Waals surface area contributed by atoms with Crippen molar-refractivity contribution in [2.45, 2.75) is 31.5 Å². The predicted octanol–water partition coefficient (Wildman–Crippen LogP) is 2.58. The number of benzene rings is 1. The smallest absolute Gasteiger partial charge is 0.0813 e. The number of halogens is 1. The molecule has 0 radical (unpaired) electrons. The van der Waals surface area contributed by atoms with Crippen LogP contribution in [0.4, 0.5) is 0 Å². The fourth-order valence-electron chi connectivity index (χ4n) is 2.63. The van der Waals surface area contributed by atoms with Crippen LogP contribution < -0.4 is 0 Å². The summed E-state index contributed by atoms with van der Waals surface area (Å²) >= 11 is 3.47. The molecule has 2 N–H and O–H groups in total. The van der Waals surface area contributed by atoms with Crippen molar-refractivity contribution in [1.29, 1.82) is 0 Å². The summed E-state index contributed by atoms with van der Waals surface area (Å²) in [4.78, 5) is 2.25. The largest absolute Gasteiger partial charge is 0.393 e. The Morgan fingerprint density at radius 1 is 1.37 bits per heavy atom.